The van der Waals surface area contributed by atoms with Gasteiger partial charge >= 0.3 is 0 Å². The van der Waals surface area contributed by atoms with Crippen LogP contribution in [0.2, 0.25) is 5.02 Å². The molecule has 110 valence electrons. The predicted octanol–water partition coefficient (Wildman–Crippen LogP) is 2.56. The minimum Gasteiger partial charge on any atom is -0.381 e. The first-order chi connectivity index (χ1) is 10.2. The van der Waals surface area contributed by atoms with E-state index in [4.69, 9.17) is 16.3 Å². The highest BCUT2D eigenvalue weighted by Crippen LogP contribution is 2.17. The van der Waals surface area contributed by atoms with Crippen LogP contribution in [0.5, 0.6) is 0 Å². The minimum absolute atomic E-state index is 0.00893. The number of nitrogens with one attached hydrogen (secondary N) is 1. The lowest BCUT2D eigenvalue weighted by Crippen LogP contribution is -2.24. The molecule has 1 aromatic heterocycles. The van der Waals surface area contributed by atoms with E-state index in [1.807, 2.05) is 24.3 Å². The van der Waals surface area contributed by atoms with Crippen LogP contribution >= 0.6 is 11.6 Å². The Hall–Kier alpha value is -1.85. The van der Waals surface area contributed by atoms with Gasteiger partial charge in [0, 0.05) is 17.7 Å². The summed E-state index contributed by atoms with van der Waals surface area (Å²) in [5, 5.41) is 7.87. The van der Waals surface area contributed by atoms with Crippen LogP contribution in [0.25, 0.3) is 0 Å². The first kappa shape index (κ1) is 14.1. The average Bonchev–Trinajstić information content (AvgIpc) is 3.14. The van der Waals surface area contributed by atoms with Crippen LogP contribution in [0.3, 0.4) is 0 Å². The van der Waals surface area contributed by atoms with Crippen molar-refractivity contribution < 1.29 is 9.53 Å². The Kier molecular flexibility index (Phi) is 4.22. The fourth-order valence-electron chi connectivity index (χ4n) is 2.30. The van der Waals surface area contributed by atoms with Crippen molar-refractivity contribution in [2.75, 3.05) is 18.5 Å². The summed E-state index contributed by atoms with van der Waals surface area (Å²) in [4.78, 5) is 12.1. The number of hydrogen-bond donors (Lipinski definition) is 1. The molecule has 21 heavy (non-hydrogen) atoms. The van der Waals surface area contributed by atoms with Gasteiger partial charge in [0.15, 0.2) is 0 Å². The van der Waals surface area contributed by atoms with E-state index < -0.39 is 0 Å². The van der Waals surface area contributed by atoms with Crippen LogP contribution in [0, 0.1) is 5.92 Å². The van der Waals surface area contributed by atoms with Crippen molar-refractivity contribution >= 4 is 23.3 Å². The molecule has 2 aromatic rings. The largest absolute Gasteiger partial charge is 0.381 e. The summed E-state index contributed by atoms with van der Waals surface area (Å²) in [7, 11) is 0. The zero-order chi connectivity index (χ0) is 14.7. The van der Waals surface area contributed by atoms with Gasteiger partial charge in [-0.1, -0.05) is 23.7 Å². The Labute approximate surface area is 127 Å². The van der Waals surface area contributed by atoms with Crippen LogP contribution in [0.15, 0.2) is 36.5 Å². The van der Waals surface area contributed by atoms with Crippen molar-refractivity contribution in [2.24, 2.45) is 5.92 Å². The molecule has 2 heterocycles. The Bertz CT molecular complexity index is 618. The lowest BCUT2D eigenvalue weighted by Gasteiger charge is -2.11. The van der Waals surface area contributed by atoms with Gasteiger partial charge in [0.1, 0.15) is 5.82 Å². The molecule has 0 saturated carbocycles. The first-order valence-electron chi connectivity index (χ1n) is 6.87. The number of carbonyl (C=O) groups is 1. The van der Waals surface area contributed by atoms with E-state index in [9.17, 15) is 4.79 Å². The van der Waals surface area contributed by atoms with Crippen molar-refractivity contribution in [1.82, 2.24) is 9.78 Å². The molecule has 1 fully saturated rings. The molecule has 1 saturated heterocycles. The van der Waals surface area contributed by atoms with Crippen molar-refractivity contribution in [3.05, 3.63) is 47.1 Å². The molecule has 1 N–H and O–H groups in total. The zero-order valence-corrected chi connectivity index (χ0v) is 12.2. The second-order valence-corrected chi connectivity index (χ2v) is 5.49. The van der Waals surface area contributed by atoms with E-state index in [1.165, 1.54) is 0 Å². The molecule has 1 unspecified atom stereocenters. The number of halogens is 1. The highest BCUT2D eigenvalue weighted by Gasteiger charge is 2.24. The third-order valence-electron chi connectivity index (χ3n) is 3.51. The molecule has 1 atom stereocenters. The lowest BCUT2D eigenvalue weighted by atomic mass is 10.1. The SMILES string of the molecule is O=C(Nc1ccnn1Cc1ccc(Cl)cc1)C1CCOC1. The maximum absolute atomic E-state index is 12.1. The Morgan fingerprint density at radius 3 is 2.90 bits per heavy atom. The smallest absolute Gasteiger partial charge is 0.231 e. The molecule has 0 bridgehead atoms. The van der Waals surface area contributed by atoms with Gasteiger partial charge < -0.3 is 10.1 Å². The van der Waals surface area contributed by atoms with Gasteiger partial charge in [-0.3, -0.25) is 4.79 Å². The Morgan fingerprint density at radius 1 is 1.38 bits per heavy atom. The van der Waals surface area contributed by atoms with Gasteiger partial charge in [0.05, 0.1) is 25.3 Å². The number of nitrogens with zero attached hydrogens (tertiary/aromatic N) is 2. The van der Waals surface area contributed by atoms with E-state index >= 15 is 0 Å². The summed E-state index contributed by atoms with van der Waals surface area (Å²) < 4.78 is 7.00. The van der Waals surface area contributed by atoms with Crippen LogP contribution in [0.1, 0.15) is 12.0 Å². The van der Waals surface area contributed by atoms with Crippen LogP contribution in [-0.4, -0.2) is 28.9 Å². The quantitative estimate of drug-likeness (QED) is 0.944. The molecule has 0 aliphatic carbocycles. The van der Waals surface area contributed by atoms with Gasteiger partial charge in [-0.05, 0) is 24.1 Å². The zero-order valence-electron chi connectivity index (χ0n) is 11.5. The molecule has 1 amide bonds. The van der Waals surface area contributed by atoms with Crippen molar-refractivity contribution in [2.45, 2.75) is 13.0 Å². The molecule has 1 aliphatic rings. The number of ether oxygens (including phenoxy) is 1. The number of rotatable bonds is 4. The van der Waals surface area contributed by atoms with E-state index in [-0.39, 0.29) is 11.8 Å². The summed E-state index contributed by atoms with van der Waals surface area (Å²) in [6.45, 7) is 1.74. The minimum atomic E-state index is -0.0659. The molecular weight excluding hydrogens is 290 g/mol. The maximum Gasteiger partial charge on any atom is 0.231 e. The predicted molar refractivity (Wildman–Crippen MR) is 80.3 cm³/mol. The second kappa shape index (κ2) is 6.28. The number of amides is 1. The molecule has 0 spiro atoms. The van der Waals surface area contributed by atoms with Gasteiger partial charge in [0.25, 0.3) is 0 Å². The number of aromatic nitrogens is 2. The summed E-state index contributed by atoms with van der Waals surface area (Å²) in [6.07, 6.45) is 2.45. The normalized spacial score (nSPS) is 17.9. The molecule has 0 radical (unpaired) electrons. The number of benzene rings is 1. The lowest BCUT2D eigenvalue weighted by molar-refractivity contribution is -0.119. The van der Waals surface area contributed by atoms with E-state index in [0.717, 1.165) is 12.0 Å². The highest BCUT2D eigenvalue weighted by molar-refractivity contribution is 6.30. The van der Waals surface area contributed by atoms with Gasteiger partial charge in [-0.2, -0.15) is 5.10 Å². The highest BCUT2D eigenvalue weighted by atomic mass is 35.5. The van der Waals surface area contributed by atoms with Crippen LogP contribution in [-0.2, 0) is 16.1 Å². The van der Waals surface area contributed by atoms with E-state index in [1.54, 1.807) is 16.9 Å². The standard InChI is InChI=1S/C15H16ClN3O2/c16-13-3-1-11(2-4-13)9-19-14(5-7-17-19)18-15(20)12-6-8-21-10-12/h1-5,7,12H,6,8-10H2,(H,18,20). The Balaban J connectivity index is 1.68. The number of hydrogen-bond acceptors (Lipinski definition) is 3. The molecule has 1 aliphatic heterocycles. The van der Waals surface area contributed by atoms with Gasteiger partial charge in [-0.25, -0.2) is 4.68 Å². The van der Waals surface area contributed by atoms with E-state index in [0.29, 0.717) is 30.6 Å². The van der Waals surface area contributed by atoms with Crippen molar-refractivity contribution in [3.8, 4) is 0 Å². The maximum atomic E-state index is 12.1. The molecule has 1 aromatic carbocycles. The van der Waals surface area contributed by atoms with Crippen LogP contribution < -0.4 is 5.32 Å². The topological polar surface area (TPSA) is 56.2 Å². The first-order valence-corrected chi connectivity index (χ1v) is 7.25. The van der Waals surface area contributed by atoms with Crippen LogP contribution in [0.4, 0.5) is 5.82 Å². The van der Waals surface area contributed by atoms with Crippen molar-refractivity contribution in [3.63, 3.8) is 0 Å². The third kappa shape index (κ3) is 3.43. The summed E-state index contributed by atoms with van der Waals surface area (Å²) >= 11 is 5.88. The summed E-state index contributed by atoms with van der Waals surface area (Å²) in [5.41, 5.74) is 1.07. The van der Waals surface area contributed by atoms with Gasteiger partial charge in [-0.15, -0.1) is 0 Å². The molecular formula is C15H16ClN3O2. The van der Waals surface area contributed by atoms with Crippen molar-refractivity contribution in [1.29, 1.82) is 0 Å². The number of carbonyl (C=O) groups excluding carboxylic acids is 1. The fourth-order valence-corrected chi connectivity index (χ4v) is 2.42. The summed E-state index contributed by atoms with van der Waals surface area (Å²) in [6, 6.07) is 9.37. The average molecular weight is 306 g/mol. The Morgan fingerprint density at radius 2 is 2.19 bits per heavy atom. The monoisotopic (exact) mass is 305 g/mol. The molecule has 5 nitrogen and oxygen atoms in total. The second-order valence-electron chi connectivity index (χ2n) is 5.05. The molecule has 6 heteroatoms. The summed E-state index contributed by atoms with van der Waals surface area (Å²) in [5.74, 6) is 0.621. The number of anilines is 1. The van der Waals surface area contributed by atoms with E-state index in [2.05, 4.69) is 10.4 Å². The molecule has 3 rings (SSSR count). The van der Waals surface area contributed by atoms with Gasteiger partial charge in [0.2, 0.25) is 5.91 Å². The fraction of sp³-hybridized carbons (Fsp3) is 0.333. The third-order valence-corrected chi connectivity index (χ3v) is 3.77.